The topological polar surface area (TPSA) is 58.4 Å². The summed E-state index contributed by atoms with van der Waals surface area (Å²) in [5.74, 6) is -0.0673. The van der Waals surface area contributed by atoms with Crippen molar-refractivity contribution >= 4 is 5.97 Å². The van der Waals surface area contributed by atoms with Crippen molar-refractivity contribution in [3.63, 3.8) is 0 Å². The van der Waals surface area contributed by atoms with Gasteiger partial charge in [0.05, 0.1) is 6.54 Å². The van der Waals surface area contributed by atoms with Crippen LogP contribution in [0.4, 0.5) is 0 Å². The van der Waals surface area contributed by atoms with E-state index >= 15 is 0 Å². The molecule has 1 aliphatic carbocycles. The molecule has 19 heavy (non-hydrogen) atoms. The van der Waals surface area contributed by atoms with Gasteiger partial charge in [-0.05, 0) is 31.2 Å². The van der Waals surface area contributed by atoms with Gasteiger partial charge in [0.2, 0.25) is 0 Å². The highest BCUT2D eigenvalue weighted by atomic mass is 16.4. The molecule has 0 radical (unpaired) electrons. The third-order valence-corrected chi connectivity index (χ3v) is 4.65. The molecule has 0 unspecified atom stereocenters. The van der Waals surface area contributed by atoms with Crippen LogP contribution in [0.25, 0.3) is 0 Å². The second-order valence-corrected chi connectivity index (χ2v) is 5.71. The Balaban J connectivity index is 1.69. The lowest BCUT2D eigenvalue weighted by molar-refractivity contribution is -0.142. The number of rotatable bonds is 4. The molecule has 5 nitrogen and oxygen atoms in total. The lowest BCUT2D eigenvalue weighted by Crippen LogP contribution is -2.43. The summed E-state index contributed by atoms with van der Waals surface area (Å²) in [5.41, 5.74) is 0. The number of hydrogen-bond donors (Lipinski definition) is 1. The van der Waals surface area contributed by atoms with Crippen LogP contribution in [-0.2, 0) is 11.3 Å². The van der Waals surface area contributed by atoms with Gasteiger partial charge in [0.15, 0.2) is 0 Å². The van der Waals surface area contributed by atoms with E-state index < -0.39 is 5.97 Å². The van der Waals surface area contributed by atoms with Crippen molar-refractivity contribution in [3.05, 3.63) is 18.5 Å². The van der Waals surface area contributed by atoms with E-state index in [2.05, 4.69) is 10.00 Å². The maximum atomic E-state index is 11.5. The zero-order valence-electron chi connectivity index (χ0n) is 11.1. The lowest BCUT2D eigenvalue weighted by Gasteiger charge is -2.32. The largest absolute Gasteiger partial charge is 0.480 e. The molecule has 3 atom stereocenters. The van der Waals surface area contributed by atoms with Crippen molar-refractivity contribution in [2.75, 3.05) is 6.54 Å². The average Bonchev–Trinajstić information content (AvgIpc) is 3.03. The summed E-state index contributed by atoms with van der Waals surface area (Å²) in [6.45, 7) is 1.57. The maximum Gasteiger partial charge on any atom is 0.320 e. The molecule has 1 saturated carbocycles. The Bertz CT molecular complexity index is 432. The van der Waals surface area contributed by atoms with Gasteiger partial charge in [-0.1, -0.05) is 12.8 Å². The Morgan fingerprint density at radius 3 is 2.89 bits per heavy atom. The first-order chi connectivity index (χ1) is 9.25. The predicted molar refractivity (Wildman–Crippen MR) is 70.7 cm³/mol. The predicted octanol–water partition coefficient (Wildman–Crippen LogP) is 1.60. The number of aromatic nitrogens is 2. The molecule has 5 heteroatoms. The molecule has 0 aromatic carbocycles. The van der Waals surface area contributed by atoms with Crippen LogP contribution >= 0.6 is 0 Å². The van der Waals surface area contributed by atoms with Crippen LogP contribution in [0.1, 0.15) is 32.1 Å². The summed E-state index contributed by atoms with van der Waals surface area (Å²) < 4.78 is 1.88. The molecule has 0 bridgehead atoms. The van der Waals surface area contributed by atoms with Gasteiger partial charge < -0.3 is 5.11 Å². The maximum absolute atomic E-state index is 11.5. The zero-order valence-corrected chi connectivity index (χ0v) is 11.1. The SMILES string of the molecule is O=C(O)[C@@H]1C[C@@H]2CCCC[C@@H]2N1CCn1cccn1. The first kappa shape index (κ1) is 12.7. The Morgan fingerprint density at radius 1 is 1.32 bits per heavy atom. The van der Waals surface area contributed by atoms with E-state index in [1.807, 2.05) is 16.9 Å². The van der Waals surface area contributed by atoms with Crippen LogP contribution in [0.15, 0.2) is 18.5 Å². The molecular formula is C14H21N3O2. The number of fused-ring (bicyclic) bond motifs is 1. The Labute approximate surface area is 113 Å². The van der Waals surface area contributed by atoms with Crippen LogP contribution in [0.3, 0.4) is 0 Å². The molecule has 2 heterocycles. The van der Waals surface area contributed by atoms with Gasteiger partial charge in [-0.15, -0.1) is 0 Å². The van der Waals surface area contributed by atoms with Crippen LogP contribution in [-0.4, -0.2) is 44.4 Å². The molecule has 0 amide bonds. The van der Waals surface area contributed by atoms with Crippen LogP contribution in [0.2, 0.25) is 0 Å². The van der Waals surface area contributed by atoms with Gasteiger partial charge in [0.1, 0.15) is 6.04 Å². The number of carboxylic acid groups (broad SMARTS) is 1. The van der Waals surface area contributed by atoms with E-state index in [1.165, 1.54) is 19.3 Å². The van der Waals surface area contributed by atoms with E-state index in [0.29, 0.717) is 12.0 Å². The van der Waals surface area contributed by atoms with E-state index in [-0.39, 0.29) is 6.04 Å². The quantitative estimate of drug-likeness (QED) is 0.896. The van der Waals surface area contributed by atoms with Gasteiger partial charge in [-0.2, -0.15) is 5.10 Å². The second kappa shape index (κ2) is 5.33. The van der Waals surface area contributed by atoms with Crippen molar-refractivity contribution in [2.45, 2.75) is 50.7 Å². The molecule has 1 aromatic rings. The van der Waals surface area contributed by atoms with Gasteiger partial charge in [-0.25, -0.2) is 0 Å². The van der Waals surface area contributed by atoms with Crippen molar-refractivity contribution in [2.24, 2.45) is 5.92 Å². The van der Waals surface area contributed by atoms with Crippen LogP contribution < -0.4 is 0 Å². The normalized spacial score (nSPS) is 31.3. The number of aliphatic carboxylic acids is 1. The van der Waals surface area contributed by atoms with Crippen molar-refractivity contribution in [1.29, 1.82) is 0 Å². The summed E-state index contributed by atoms with van der Waals surface area (Å²) in [5, 5.41) is 13.6. The minimum atomic E-state index is -0.658. The van der Waals surface area contributed by atoms with Gasteiger partial charge in [-0.3, -0.25) is 14.4 Å². The molecule has 2 fully saturated rings. The van der Waals surface area contributed by atoms with E-state index in [4.69, 9.17) is 0 Å². The summed E-state index contributed by atoms with van der Waals surface area (Å²) in [6, 6.07) is 2.09. The minimum absolute atomic E-state index is 0.288. The fourth-order valence-corrected chi connectivity index (χ4v) is 3.77. The monoisotopic (exact) mass is 263 g/mol. The molecule has 2 aliphatic rings. The molecule has 1 N–H and O–H groups in total. The summed E-state index contributed by atoms with van der Waals surface area (Å²) in [4.78, 5) is 13.7. The number of carboxylic acids is 1. The molecule has 3 rings (SSSR count). The number of likely N-dealkylation sites (tertiary alicyclic amines) is 1. The molecule has 104 valence electrons. The van der Waals surface area contributed by atoms with Gasteiger partial charge in [0, 0.05) is 25.0 Å². The molecular weight excluding hydrogens is 242 g/mol. The molecule has 0 spiro atoms. The lowest BCUT2D eigenvalue weighted by atomic mass is 9.85. The van der Waals surface area contributed by atoms with Crippen molar-refractivity contribution in [1.82, 2.24) is 14.7 Å². The summed E-state index contributed by atoms with van der Waals surface area (Å²) >= 11 is 0. The number of nitrogens with zero attached hydrogens (tertiary/aromatic N) is 3. The third-order valence-electron chi connectivity index (χ3n) is 4.65. The Kier molecular flexibility index (Phi) is 3.55. The van der Waals surface area contributed by atoms with Crippen LogP contribution in [0.5, 0.6) is 0 Å². The van der Waals surface area contributed by atoms with E-state index in [1.54, 1.807) is 6.20 Å². The third kappa shape index (κ3) is 2.52. The highest BCUT2D eigenvalue weighted by Crippen LogP contribution is 2.39. The fraction of sp³-hybridized carbons (Fsp3) is 0.714. The molecule has 1 aromatic heterocycles. The minimum Gasteiger partial charge on any atom is -0.480 e. The number of hydrogen-bond acceptors (Lipinski definition) is 3. The summed E-state index contributed by atoms with van der Waals surface area (Å²) in [6.07, 6.45) is 9.40. The first-order valence-electron chi connectivity index (χ1n) is 7.21. The number of carbonyl (C=O) groups is 1. The molecule has 1 saturated heterocycles. The Hall–Kier alpha value is -1.36. The highest BCUT2D eigenvalue weighted by Gasteiger charge is 2.44. The van der Waals surface area contributed by atoms with Gasteiger partial charge in [0.25, 0.3) is 0 Å². The van der Waals surface area contributed by atoms with E-state index in [9.17, 15) is 9.90 Å². The first-order valence-corrected chi connectivity index (χ1v) is 7.21. The van der Waals surface area contributed by atoms with Crippen molar-refractivity contribution in [3.8, 4) is 0 Å². The average molecular weight is 263 g/mol. The molecule has 1 aliphatic heterocycles. The van der Waals surface area contributed by atoms with Crippen LogP contribution in [0, 0.1) is 5.92 Å². The smallest absolute Gasteiger partial charge is 0.320 e. The summed E-state index contributed by atoms with van der Waals surface area (Å²) in [7, 11) is 0. The highest BCUT2D eigenvalue weighted by molar-refractivity contribution is 5.74. The Morgan fingerprint density at radius 2 is 2.16 bits per heavy atom. The van der Waals surface area contributed by atoms with E-state index in [0.717, 1.165) is 25.9 Å². The van der Waals surface area contributed by atoms with Gasteiger partial charge >= 0.3 is 5.97 Å². The standard InChI is InChI=1S/C14H21N3O2/c18-14(19)13-10-11-4-1-2-5-12(11)17(13)9-8-16-7-3-6-15-16/h3,6-7,11-13H,1-2,4-5,8-10H2,(H,18,19)/t11-,12-,13-/m0/s1. The fourth-order valence-electron chi connectivity index (χ4n) is 3.77. The zero-order chi connectivity index (χ0) is 13.2. The van der Waals surface area contributed by atoms with Crippen molar-refractivity contribution < 1.29 is 9.90 Å². The second-order valence-electron chi connectivity index (χ2n) is 5.71.